The fourth-order valence-corrected chi connectivity index (χ4v) is 2.73. The number of nitrogens with zero attached hydrogens (tertiary/aromatic N) is 2. The topological polar surface area (TPSA) is 34.9 Å². The van der Waals surface area contributed by atoms with Crippen molar-refractivity contribution in [3.8, 4) is 11.4 Å². The van der Waals surface area contributed by atoms with E-state index >= 15 is 0 Å². The maximum absolute atomic E-state index is 12.5. The van der Waals surface area contributed by atoms with E-state index in [4.69, 9.17) is 0 Å². The van der Waals surface area contributed by atoms with E-state index in [2.05, 4.69) is 30.1 Å². The number of aromatic nitrogens is 2. The van der Waals surface area contributed by atoms with Gasteiger partial charge >= 0.3 is 0 Å². The van der Waals surface area contributed by atoms with E-state index in [1.807, 2.05) is 24.3 Å². The zero-order chi connectivity index (χ0) is 13.0. The molecule has 0 aliphatic carbocycles. The lowest BCUT2D eigenvalue weighted by atomic mass is 10.1. The van der Waals surface area contributed by atoms with E-state index < -0.39 is 0 Å². The van der Waals surface area contributed by atoms with Gasteiger partial charge in [0.2, 0.25) is 0 Å². The maximum Gasteiger partial charge on any atom is 0.261 e. The SMILES string of the molecule is Cc1ccc2c(c1)-c1nc3ccccc3c(=O)n1C2. The summed E-state index contributed by atoms with van der Waals surface area (Å²) >= 11 is 0. The highest BCUT2D eigenvalue weighted by Crippen LogP contribution is 2.30. The number of rotatable bonds is 0. The summed E-state index contributed by atoms with van der Waals surface area (Å²) in [4.78, 5) is 17.2. The number of fused-ring (bicyclic) bond motifs is 4. The number of aryl methyl sites for hydroxylation is 1. The van der Waals surface area contributed by atoms with Crippen LogP contribution in [0.3, 0.4) is 0 Å². The van der Waals surface area contributed by atoms with Gasteiger partial charge in [0.05, 0.1) is 17.4 Å². The van der Waals surface area contributed by atoms with E-state index in [9.17, 15) is 4.79 Å². The Hall–Kier alpha value is -2.42. The zero-order valence-corrected chi connectivity index (χ0v) is 10.6. The van der Waals surface area contributed by atoms with Crippen LogP contribution in [0.1, 0.15) is 11.1 Å². The molecule has 2 aromatic carbocycles. The highest BCUT2D eigenvalue weighted by molar-refractivity contribution is 5.81. The molecule has 4 rings (SSSR count). The highest BCUT2D eigenvalue weighted by atomic mass is 16.1. The number of hydrogen-bond acceptors (Lipinski definition) is 2. The van der Waals surface area contributed by atoms with Crippen molar-refractivity contribution in [1.29, 1.82) is 0 Å². The van der Waals surface area contributed by atoms with Gasteiger partial charge in [0, 0.05) is 5.56 Å². The van der Waals surface area contributed by atoms with Crippen LogP contribution in [0.15, 0.2) is 47.3 Å². The van der Waals surface area contributed by atoms with Crippen LogP contribution in [0.2, 0.25) is 0 Å². The molecule has 0 saturated heterocycles. The van der Waals surface area contributed by atoms with E-state index in [1.54, 1.807) is 4.57 Å². The Morgan fingerprint density at radius 2 is 2.00 bits per heavy atom. The van der Waals surface area contributed by atoms with Gasteiger partial charge in [0.25, 0.3) is 5.56 Å². The van der Waals surface area contributed by atoms with Crippen LogP contribution in [0.4, 0.5) is 0 Å². The molecule has 0 fully saturated rings. The van der Waals surface area contributed by atoms with Gasteiger partial charge in [-0.3, -0.25) is 9.36 Å². The van der Waals surface area contributed by atoms with Crippen molar-refractivity contribution in [3.05, 3.63) is 63.9 Å². The molecule has 0 radical (unpaired) electrons. The first-order chi connectivity index (χ1) is 9.24. The molecule has 19 heavy (non-hydrogen) atoms. The summed E-state index contributed by atoms with van der Waals surface area (Å²) < 4.78 is 1.77. The van der Waals surface area contributed by atoms with Gasteiger partial charge in [-0.25, -0.2) is 4.98 Å². The first kappa shape index (κ1) is 10.5. The van der Waals surface area contributed by atoms with Gasteiger partial charge in [-0.1, -0.05) is 29.8 Å². The van der Waals surface area contributed by atoms with Crippen molar-refractivity contribution in [3.63, 3.8) is 0 Å². The minimum Gasteiger partial charge on any atom is -0.288 e. The molecule has 0 amide bonds. The molecule has 1 aromatic heterocycles. The van der Waals surface area contributed by atoms with E-state index in [1.165, 1.54) is 11.1 Å². The third kappa shape index (κ3) is 1.38. The maximum atomic E-state index is 12.5. The Labute approximate surface area is 110 Å². The Bertz CT molecular complexity index is 878. The van der Waals surface area contributed by atoms with Crippen LogP contribution in [0.5, 0.6) is 0 Å². The largest absolute Gasteiger partial charge is 0.288 e. The van der Waals surface area contributed by atoms with Crippen LogP contribution in [0, 0.1) is 6.92 Å². The molecule has 92 valence electrons. The van der Waals surface area contributed by atoms with Crippen LogP contribution >= 0.6 is 0 Å². The van der Waals surface area contributed by atoms with Crippen molar-refractivity contribution < 1.29 is 0 Å². The van der Waals surface area contributed by atoms with Crippen molar-refractivity contribution in [1.82, 2.24) is 9.55 Å². The first-order valence-electron chi connectivity index (χ1n) is 6.33. The second kappa shape index (κ2) is 3.54. The predicted octanol–water partition coefficient (Wildman–Crippen LogP) is 2.73. The number of hydrogen-bond donors (Lipinski definition) is 0. The second-order valence-corrected chi connectivity index (χ2v) is 5.00. The van der Waals surface area contributed by atoms with Crippen molar-refractivity contribution in [2.24, 2.45) is 0 Å². The van der Waals surface area contributed by atoms with Gasteiger partial charge in [0.1, 0.15) is 5.82 Å². The standard InChI is InChI=1S/C16H12N2O/c1-10-6-7-11-9-18-15(13(11)8-10)17-14-5-3-2-4-12(14)16(18)19/h2-8H,9H2,1H3. The Morgan fingerprint density at radius 3 is 2.89 bits per heavy atom. The van der Waals surface area contributed by atoms with E-state index in [0.29, 0.717) is 11.9 Å². The molecule has 3 aromatic rings. The lowest BCUT2D eigenvalue weighted by Gasteiger charge is -2.04. The quantitative estimate of drug-likeness (QED) is 0.479. The summed E-state index contributed by atoms with van der Waals surface area (Å²) in [5.41, 5.74) is 4.27. The molecule has 0 saturated carbocycles. The molecule has 0 N–H and O–H groups in total. The molecule has 0 unspecified atom stereocenters. The molecule has 0 spiro atoms. The Morgan fingerprint density at radius 1 is 1.16 bits per heavy atom. The van der Waals surface area contributed by atoms with Crippen molar-refractivity contribution in [2.45, 2.75) is 13.5 Å². The van der Waals surface area contributed by atoms with Crippen LogP contribution in [0.25, 0.3) is 22.3 Å². The molecule has 0 bridgehead atoms. The van der Waals surface area contributed by atoms with Gasteiger partial charge in [0.15, 0.2) is 0 Å². The zero-order valence-electron chi connectivity index (χ0n) is 10.6. The van der Waals surface area contributed by atoms with Crippen molar-refractivity contribution in [2.75, 3.05) is 0 Å². The normalized spacial score (nSPS) is 12.5. The fraction of sp³-hybridized carbons (Fsp3) is 0.125. The molecular weight excluding hydrogens is 236 g/mol. The smallest absolute Gasteiger partial charge is 0.261 e. The van der Waals surface area contributed by atoms with Gasteiger partial charge in [-0.05, 0) is 30.7 Å². The molecule has 3 heteroatoms. The first-order valence-corrected chi connectivity index (χ1v) is 6.33. The minimum absolute atomic E-state index is 0.0504. The monoisotopic (exact) mass is 248 g/mol. The fourth-order valence-electron chi connectivity index (χ4n) is 2.73. The summed E-state index contributed by atoms with van der Waals surface area (Å²) in [6.45, 7) is 2.68. The lowest BCUT2D eigenvalue weighted by molar-refractivity contribution is 0.797. The molecular formula is C16H12N2O. The number of benzene rings is 2. The van der Waals surface area contributed by atoms with E-state index in [-0.39, 0.29) is 5.56 Å². The van der Waals surface area contributed by atoms with Gasteiger partial charge in [-0.2, -0.15) is 0 Å². The summed E-state index contributed by atoms with van der Waals surface area (Å²) in [5.74, 6) is 0.794. The van der Waals surface area contributed by atoms with Crippen molar-refractivity contribution >= 4 is 10.9 Å². The summed E-state index contributed by atoms with van der Waals surface area (Å²) in [6, 6.07) is 13.8. The van der Waals surface area contributed by atoms with Crippen LogP contribution in [-0.4, -0.2) is 9.55 Å². The van der Waals surface area contributed by atoms with E-state index in [0.717, 1.165) is 16.9 Å². The molecule has 1 aliphatic rings. The average Bonchev–Trinajstić information content (AvgIpc) is 2.78. The van der Waals surface area contributed by atoms with Crippen LogP contribution < -0.4 is 5.56 Å². The molecule has 0 atom stereocenters. The Balaban J connectivity index is 2.13. The summed E-state index contributed by atoms with van der Waals surface area (Å²) in [7, 11) is 0. The Kier molecular flexibility index (Phi) is 1.96. The van der Waals surface area contributed by atoms with Gasteiger partial charge in [-0.15, -0.1) is 0 Å². The summed E-state index contributed by atoms with van der Waals surface area (Å²) in [5, 5.41) is 0.691. The third-order valence-corrected chi connectivity index (χ3v) is 3.70. The molecule has 1 aliphatic heterocycles. The third-order valence-electron chi connectivity index (χ3n) is 3.70. The van der Waals surface area contributed by atoms with Crippen LogP contribution in [-0.2, 0) is 6.54 Å². The average molecular weight is 248 g/mol. The summed E-state index contributed by atoms with van der Waals surface area (Å²) in [6.07, 6.45) is 0. The molecule has 3 nitrogen and oxygen atoms in total. The number of para-hydroxylation sites is 1. The predicted molar refractivity (Wildman–Crippen MR) is 75.3 cm³/mol. The lowest BCUT2D eigenvalue weighted by Crippen LogP contribution is -2.20. The molecule has 2 heterocycles. The second-order valence-electron chi connectivity index (χ2n) is 5.00. The highest BCUT2D eigenvalue weighted by Gasteiger charge is 2.21. The van der Waals surface area contributed by atoms with Gasteiger partial charge < -0.3 is 0 Å². The minimum atomic E-state index is 0.0504.